The Morgan fingerprint density at radius 2 is 2.22 bits per heavy atom. The summed E-state index contributed by atoms with van der Waals surface area (Å²) in [6, 6.07) is 5.67. The number of thiazole rings is 1. The van der Waals surface area contributed by atoms with Gasteiger partial charge in [-0.3, -0.25) is 14.0 Å². The molecule has 3 rings (SSSR count). The third-order valence-corrected chi connectivity index (χ3v) is 5.30. The van der Waals surface area contributed by atoms with Gasteiger partial charge in [0.1, 0.15) is 0 Å². The van der Waals surface area contributed by atoms with E-state index in [9.17, 15) is 9.59 Å². The van der Waals surface area contributed by atoms with E-state index in [1.807, 2.05) is 41.1 Å². The zero-order valence-electron chi connectivity index (χ0n) is 14.3. The Labute approximate surface area is 173 Å². The molecule has 2 N–H and O–H groups in total. The van der Waals surface area contributed by atoms with Crippen LogP contribution in [0.25, 0.3) is 11.0 Å². The molecule has 0 radical (unpaired) electrons. The molecule has 2 amide bonds. The lowest BCUT2D eigenvalue weighted by atomic mass is 10.2. The van der Waals surface area contributed by atoms with E-state index < -0.39 is 0 Å². The summed E-state index contributed by atoms with van der Waals surface area (Å²) < 4.78 is 2.70. The number of rotatable bonds is 6. The highest BCUT2D eigenvalue weighted by Crippen LogP contribution is 2.22. The summed E-state index contributed by atoms with van der Waals surface area (Å²) in [4.78, 5) is 29.0. The van der Waals surface area contributed by atoms with Gasteiger partial charge in [0.15, 0.2) is 10.1 Å². The van der Waals surface area contributed by atoms with Crippen molar-refractivity contribution in [2.24, 2.45) is 0 Å². The largest absolute Gasteiger partial charge is 0.352 e. The lowest BCUT2D eigenvalue weighted by Gasteiger charge is -2.09. The van der Waals surface area contributed by atoms with E-state index in [1.54, 1.807) is 6.08 Å². The zero-order chi connectivity index (χ0) is 19.4. The molecule has 0 saturated heterocycles. The van der Waals surface area contributed by atoms with Gasteiger partial charge in [0.05, 0.1) is 5.69 Å². The van der Waals surface area contributed by atoms with Crippen molar-refractivity contribution in [3.8, 4) is 0 Å². The summed E-state index contributed by atoms with van der Waals surface area (Å²) in [7, 11) is 0. The fourth-order valence-corrected chi connectivity index (χ4v) is 3.75. The van der Waals surface area contributed by atoms with Crippen molar-refractivity contribution in [1.29, 1.82) is 0 Å². The second-order valence-electron chi connectivity index (χ2n) is 5.73. The highest BCUT2D eigenvalue weighted by molar-refractivity contribution is 9.10. The number of nitrogens with one attached hydrogen (secondary N) is 2. The molecule has 0 atom stereocenters. The maximum absolute atomic E-state index is 12.0. The summed E-state index contributed by atoms with van der Waals surface area (Å²) in [5, 5.41) is 7.75. The van der Waals surface area contributed by atoms with Gasteiger partial charge in [-0.1, -0.05) is 33.6 Å². The minimum absolute atomic E-state index is 0.167. The first kappa shape index (κ1) is 19.6. The Morgan fingerprint density at radius 3 is 3.04 bits per heavy atom. The van der Waals surface area contributed by atoms with Crippen LogP contribution in [0.5, 0.6) is 0 Å². The Morgan fingerprint density at radius 1 is 1.41 bits per heavy atom. The number of aromatic nitrogens is 2. The monoisotopic (exact) mass is 466 g/mol. The average molecular weight is 468 g/mol. The molecular formula is C18H16BrClN4O2S. The van der Waals surface area contributed by atoms with Gasteiger partial charge < -0.3 is 10.6 Å². The molecule has 9 heteroatoms. The third kappa shape index (κ3) is 4.97. The SMILES string of the molecule is Cc1ccc(Br)cc1NC(=O)CCNC(=O)/C=C/c1c(Cl)nc2sccn12. The van der Waals surface area contributed by atoms with Crippen LogP contribution in [-0.2, 0) is 9.59 Å². The number of carbonyl (C=O) groups is 2. The quantitative estimate of drug-likeness (QED) is 0.531. The van der Waals surface area contributed by atoms with Crippen LogP contribution in [0.4, 0.5) is 5.69 Å². The molecule has 3 aromatic rings. The summed E-state index contributed by atoms with van der Waals surface area (Å²) in [6.07, 6.45) is 5.00. The first-order valence-corrected chi connectivity index (χ1v) is 10.1. The van der Waals surface area contributed by atoms with Gasteiger partial charge in [0.2, 0.25) is 11.8 Å². The van der Waals surface area contributed by atoms with Crippen LogP contribution in [0, 0.1) is 6.92 Å². The molecule has 2 aromatic heterocycles. The van der Waals surface area contributed by atoms with Crippen LogP contribution >= 0.6 is 38.9 Å². The Balaban J connectivity index is 1.49. The number of anilines is 1. The van der Waals surface area contributed by atoms with Gasteiger partial charge >= 0.3 is 0 Å². The standard InChI is InChI=1S/C18H16BrClN4O2S/c1-11-2-3-12(19)10-13(11)22-16(26)6-7-21-15(25)5-4-14-17(20)23-18-24(14)8-9-27-18/h2-5,8-10H,6-7H2,1H3,(H,21,25)(H,22,26)/b5-4+. The molecule has 0 spiro atoms. The van der Waals surface area contributed by atoms with Gasteiger partial charge in [-0.05, 0) is 30.7 Å². The van der Waals surface area contributed by atoms with Crippen molar-refractivity contribution in [1.82, 2.24) is 14.7 Å². The molecule has 2 heterocycles. The topological polar surface area (TPSA) is 75.5 Å². The van der Waals surface area contributed by atoms with E-state index in [0.29, 0.717) is 10.8 Å². The van der Waals surface area contributed by atoms with Gasteiger partial charge in [-0.15, -0.1) is 11.3 Å². The normalized spacial score (nSPS) is 11.2. The Kier molecular flexibility index (Phi) is 6.30. The van der Waals surface area contributed by atoms with Gasteiger partial charge in [-0.2, -0.15) is 0 Å². The molecule has 1 aromatic carbocycles. The van der Waals surface area contributed by atoms with Crippen LogP contribution in [0.2, 0.25) is 5.15 Å². The Hall–Kier alpha value is -2.16. The summed E-state index contributed by atoms with van der Waals surface area (Å²) >= 11 is 10.9. The van der Waals surface area contributed by atoms with E-state index in [2.05, 4.69) is 31.5 Å². The number of halogens is 2. The molecule has 0 saturated carbocycles. The number of amides is 2. The van der Waals surface area contributed by atoms with Crippen molar-refractivity contribution >= 4 is 67.4 Å². The average Bonchev–Trinajstić information content (AvgIpc) is 3.17. The minimum atomic E-state index is -0.303. The maximum Gasteiger partial charge on any atom is 0.244 e. The molecule has 27 heavy (non-hydrogen) atoms. The highest BCUT2D eigenvalue weighted by atomic mass is 79.9. The summed E-state index contributed by atoms with van der Waals surface area (Å²) in [6.45, 7) is 2.15. The highest BCUT2D eigenvalue weighted by Gasteiger charge is 2.09. The van der Waals surface area contributed by atoms with Crippen LogP contribution in [-0.4, -0.2) is 27.7 Å². The van der Waals surface area contributed by atoms with Gasteiger partial charge in [0.25, 0.3) is 0 Å². The van der Waals surface area contributed by atoms with Crippen LogP contribution in [0.1, 0.15) is 17.7 Å². The number of hydrogen-bond donors (Lipinski definition) is 2. The summed E-state index contributed by atoms with van der Waals surface area (Å²) in [5.74, 6) is -0.470. The molecule has 0 fully saturated rings. The fraction of sp³-hybridized carbons (Fsp3) is 0.167. The Bertz CT molecular complexity index is 1030. The zero-order valence-corrected chi connectivity index (χ0v) is 17.5. The predicted octanol–water partition coefficient (Wildman–Crippen LogP) is 4.28. The second kappa shape index (κ2) is 8.69. The van der Waals surface area contributed by atoms with Crippen molar-refractivity contribution in [2.45, 2.75) is 13.3 Å². The predicted molar refractivity (Wildman–Crippen MR) is 112 cm³/mol. The summed E-state index contributed by atoms with van der Waals surface area (Å²) in [5.41, 5.74) is 2.36. The number of benzene rings is 1. The molecule has 0 aliphatic heterocycles. The first-order chi connectivity index (χ1) is 12.9. The van der Waals surface area contributed by atoms with Crippen molar-refractivity contribution < 1.29 is 9.59 Å². The third-order valence-electron chi connectivity index (χ3n) is 3.77. The van der Waals surface area contributed by atoms with E-state index in [1.165, 1.54) is 17.4 Å². The molecule has 6 nitrogen and oxygen atoms in total. The smallest absolute Gasteiger partial charge is 0.244 e. The number of nitrogens with zero attached hydrogens (tertiary/aromatic N) is 2. The van der Waals surface area contributed by atoms with Gasteiger partial charge in [-0.25, -0.2) is 4.98 Å². The van der Waals surface area contributed by atoms with E-state index in [-0.39, 0.29) is 24.8 Å². The number of imidazole rings is 1. The number of hydrogen-bond acceptors (Lipinski definition) is 4. The van der Waals surface area contributed by atoms with Crippen molar-refractivity contribution in [2.75, 3.05) is 11.9 Å². The van der Waals surface area contributed by atoms with Crippen molar-refractivity contribution in [3.05, 3.63) is 56.7 Å². The lowest BCUT2D eigenvalue weighted by molar-refractivity contribution is -0.117. The fourth-order valence-electron chi connectivity index (χ4n) is 2.38. The first-order valence-electron chi connectivity index (χ1n) is 8.07. The maximum atomic E-state index is 12.0. The van der Waals surface area contributed by atoms with E-state index in [0.717, 1.165) is 20.7 Å². The van der Waals surface area contributed by atoms with Crippen molar-refractivity contribution in [3.63, 3.8) is 0 Å². The molecule has 0 bridgehead atoms. The molecular weight excluding hydrogens is 452 g/mol. The number of fused-ring (bicyclic) bond motifs is 1. The second-order valence-corrected chi connectivity index (χ2v) is 7.87. The van der Waals surface area contributed by atoms with Crippen LogP contribution in [0.3, 0.4) is 0 Å². The number of carbonyl (C=O) groups excluding carboxylic acids is 2. The molecule has 0 aliphatic carbocycles. The van der Waals surface area contributed by atoms with Gasteiger partial charge in [0, 0.05) is 40.8 Å². The molecule has 0 unspecified atom stereocenters. The van der Waals surface area contributed by atoms with E-state index in [4.69, 9.17) is 11.6 Å². The van der Waals surface area contributed by atoms with Crippen LogP contribution < -0.4 is 10.6 Å². The lowest BCUT2D eigenvalue weighted by Crippen LogP contribution is -2.26. The van der Waals surface area contributed by atoms with E-state index >= 15 is 0 Å². The minimum Gasteiger partial charge on any atom is -0.352 e. The molecule has 140 valence electrons. The molecule has 0 aliphatic rings. The van der Waals surface area contributed by atoms with Crippen LogP contribution in [0.15, 0.2) is 40.3 Å². The number of aryl methyl sites for hydroxylation is 1.